The summed E-state index contributed by atoms with van der Waals surface area (Å²) in [5.41, 5.74) is 3.59. The third-order valence-corrected chi connectivity index (χ3v) is 3.77. The molecule has 2 aromatic carbocycles. The highest BCUT2D eigenvalue weighted by Crippen LogP contribution is 2.27. The van der Waals surface area contributed by atoms with Gasteiger partial charge < -0.3 is 9.64 Å². The zero-order valence-electron chi connectivity index (χ0n) is 13.3. The Kier molecular flexibility index (Phi) is 6.14. The Morgan fingerprint density at radius 3 is 2.45 bits per heavy atom. The van der Waals surface area contributed by atoms with Gasteiger partial charge in [0.15, 0.2) is 6.54 Å². The molecular weight excluding hydrogens is 272 g/mol. The van der Waals surface area contributed by atoms with E-state index in [0.717, 1.165) is 12.1 Å². The van der Waals surface area contributed by atoms with Gasteiger partial charge in [0.2, 0.25) is 0 Å². The number of aryl methyl sites for hydroxylation is 1. The first kappa shape index (κ1) is 16.2. The number of ether oxygens (including phenoxy) is 1. The van der Waals surface area contributed by atoms with Crippen LogP contribution in [-0.4, -0.2) is 26.7 Å². The van der Waals surface area contributed by atoms with E-state index in [1.165, 1.54) is 16.0 Å². The van der Waals surface area contributed by atoms with E-state index in [1.807, 2.05) is 31.3 Å². The number of quaternary nitrogens is 1. The molecule has 3 heteroatoms. The van der Waals surface area contributed by atoms with Gasteiger partial charge in [0.1, 0.15) is 18.7 Å². The van der Waals surface area contributed by atoms with Gasteiger partial charge in [0, 0.05) is 0 Å². The maximum atomic E-state index is 8.73. The Hall–Kier alpha value is -2.15. The Labute approximate surface area is 132 Å². The lowest BCUT2D eigenvalue weighted by molar-refractivity contribution is -0.872. The fraction of sp³-hybridized carbons (Fsp3) is 0.316. The summed E-state index contributed by atoms with van der Waals surface area (Å²) < 4.78 is 6.18. The normalized spacial score (nSPS) is 13.3. The average Bonchev–Trinajstić information content (AvgIpc) is 2.54. The zero-order valence-corrected chi connectivity index (χ0v) is 13.3. The highest BCUT2D eigenvalue weighted by atomic mass is 16.5. The molecule has 0 aliphatic carbocycles. The lowest BCUT2D eigenvalue weighted by Crippen LogP contribution is -3.09. The molecule has 0 heterocycles. The summed E-state index contributed by atoms with van der Waals surface area (Å²) in [6.07, 6.45) is -0.0581. The average molecular weight is 295 g/mol. The number of nitrogens with one attached hydrogen (secondary N) is 1. The Morgan fingerprint density at radius 1 is 1.09 bits per heavy atom. The molecule has 1 N–H and O–H groups in total. The van der Waals surface area contributed by atoms with Crippen molar-refractivity contribution in [3.8, 4) is 6.07 Å². The van der Waals surface area contributed by atoms with Crippen molar-refractivity contribution in [2.24, 2.45) is 0 Å². The van der Waals surface area contributed by atoms with E-state index >= 15 is 0 Å². The van der Waals surface area contributed by atoms with Gasteiger partial charge >= 0.3 is 0 Å². The molecule has 0 bridgehead atoms. The van der Waals surface area contributed by atoms with Crippen LogP contribution >= 0.6 is 0 Å². The topological polar surface area (TPSA) is 37.5 Å². The molecule has 3 nitrogen and oxygen atoms in total. The van der Waals surface area contributed by atoms with Crippen molar-refractivity contribution in [1.29, 1.82) is 5.26 Å². The van der Waals surface area contributed by atoms with Gasteiger partial charge in [-0.1, -0.05) is 54.6 Å². The number of rotatable bonds is 7. The van der Waals surface area contributed by atoms with Crippen molar-refractivity contribution in [3.63, 3.8) is 0 Å². The van der Waals surface area contributed by atoms with E-state index in [0.29, 0.717) is 13.2 Å². The number of benzene rings is 2. The number of likely N-dealkylation sites (N-methyl/N-ethyl adjacent to an activating group) is 1. The summed E-state index contributed by atoms with van der Waals surface area (Å²) >= 11 is 0. The highest BCUT2D eigenvalue weighted by molar-refractivity contribution is 5.35. The van der Waals surface area contributed by atoms with Crippen molar-refractivity contribution in [2.75, 3.05) is 26.7 Å². The number of nitrogens with zero attached hydrogens (tertiary/aromatic N) is 1. The number of nitriles is 1. The van der Waals surface area contributed by atoms with E-state index in [2.05, 4.69) is 43.3 Å². The minimum atomic E-state index is -0.0581. The van der Waals surface area contributed by atoms with Crippen LogP contribution in [0.25, 0.3) is 0 Å². The van der Waals surface area contributed by atoms with E-state index in [-0.39, 0.29) is 6.10 Å². The highest BCUT2D eigenvalue weighted by Gasteiger charge is 2.17. The van der Waals surface area contributed by atoms with Crippen molar-refractivity contribution < 1.29 is 9.64 Å². The Balaban J connectivity index is 2.14. The molecule has 0 amide bonds. The van der Waals surface area contributed by atoms with Gasteiger partial charge in [-0.05, 0) is 23.6 Å². The van der Waals surface area contributed by atoms with Crippen LogP contribution in [0.4, 0.5) is 0 Å². The molecule has 0 aliphatic rings. The van der Waals surface area contributed by atoms with E-state index in [4.69, 9.17) is 10.00 Å². The summed E-state index contributed by atoms with van der Waals surface area (Å²) in [5.74, 6) is 0. The molecule has 2 aromatic rings. The second-order valence-electron chi connectivity index (χ2n) is 5.56. The first-order valence-electron chi connectivity index (χ1n) is 7.62. The Morgan fingerprint density at radius 2 is 1.77 bits per heavy atom. The number of hydrogen-bond acceptors (Lipinski definition) is 2. The summed E-state index contributed by atoms with van der Waals surface area (Å²) in [4.78, 5) is 1.17. The molecule has 22 heavy (non-hydrogen) atoms. The monoisotopic (exact) mass is 295 g/mol. The second kappa shape index (κ2) is 8.33. The van der Waals surface area contributed by atoms with Crippen LogP contribution in [0.2, 0.25) is 0 Å². The zero-order chi connectivity index (χ0) is 15.8. The largest absolute Gasteiger partial charge is 0.363 e. The molecule has 0 aromatic heterocycles. The lowest BCUT2D eigenvalue weighted by Gasteiger charge is -2.21. The van der Waals surface area contributed by atoms with E-state index in [9.17, 15) is 0 Å². The molecule has 0 saturated carbocycles. The fourth-order valence-electron chi connectivity index (χ4n) is 2.45. The van der Waals surface area contributed by atoms with Gasteiger partial charge in [-0.2, -0.15) is 5.26 Å². The Bertz CT molecular complexity index is 619. The third kappa shape index (κ3) is 4.42. The first-order valence-corrected chi connectivity index (χ1v) is 7.62. The summed E-state index contributed by atoms with van der Waals surface area (Å²) in [5, 5.41) is 8.73. The molecule has 114 valence electrons. The van der Waals surface area contributed by atoms with Crippen molar-refractivity contribution in [3.05, 3.63) is 71.3 Å². The summed E-state index contributed by atoms with van der Waals surface area (Å²) in [6.45, 7) is 4.07. The predicted molar refractivity (Wildman–Crippen MR) is 87.6 cm³/mol. The van der Waals surface area contributed by atoms with Crippen LogP contribution in [-0.2, 0) is 4.74 Å². The lowest BCUT2D eigenvalue weighted by atomic mass is 9.97. The van der Waals surface area contributed by atoms with Gasteiger partial charge in [0.25, 0.3) is 0 Å². The fourth-order valence-corrected chi connectivity index (χ4v) is 2.45. The molecule has 1 unspecified atom stereocenters. The maximum absolute atomic E-state index is 8.73. The van der Waals surface area contributed by atoms with Crippen molar-refractivity contribution in [2.45, 2.75) is 13.0 Å². The van der Waals surface area contributed by atoms with Crippen LogP contribution in [0, 0.1) is 18.3 Å². The minimum Gasteiger partial charge on any atom is -0.363 e. The minimum absolute atomic E-state index is 0.0581. The summed E-state index contributed by atoms with van der Waals surface area (Å²) in [7, 11) is 2.01. The second-order valence-corrected chi connectivity index (χ2v) is 5.56. The molecule has 0 aliphatic heterocycles. The van der Waals surface area contributed by atoms with Gasteiger partial charge in [-0.3, -0.25) is 0 Å². The van der Waals surface area contributed by atoms with Crippen LogP contribution < -0.4 is 4.90 Å². The molecule has 0 radical (unpaired) electrons. The van der Waals surface area contributed by atoms with Gasteiger partial charge in [-0.25, -0.2) is 0 Å². The van der Waals surface area contributed by atoms with E-state index in [1.54, 1.807) is 0 Å². The van der Waals surface area contributed by atoms with Crippen LogP contribution in [0.5, 0.6) is 0 Å². The smallest absolute Gasteiger partial charge is 0.164 e. The SMILES string of the molecule is Cc1ccccc1[C@@H](OCC[NH+](C)CC#N)c1ccccc1. The molecule has 0 spiro atoms. The molecular formula is C19H23N2O+. The molecule has 0 saturated heterocycles. The van der Waals surface area contributed by atoms with Crippen LogP contribution in [0.1, 0.15) is 22.8 Å². The standard InChI is InChI=1S/C19H22N2O/c1-16-8-6-7-11-18(16)19(17-9-4-3-5-10-17)22-15-14-21(2)13-12-20/h3-11,19H,13-15H2,1-2H3/p+1/t19-/m0/s1. The quantitative estimate of drug-likeness (QED) is 0.795. The predicted octanol–water partition coefficient (Wildman–Crippen LogP) is 2.14. The molecule has 0 fully saturated rings. The summed E-state index contributed by atoms with van der Waals surface area (Å²) in [6, 6.07) is 20.8. The van der Waals surface area contributed by atoms with E-state index < -0.39 is 0 Å². The van der Waals surface area contributed by atoms with Crippen LogP contribution in [0.15, 0.2) is 54.6 Å². The van der Waals surface area contributed by atoms with Crippen molar-refractivity contribution in [1.82, 2.24) is 0 Å². The van der Waals surface area contributed by atoms with Gasteiger partial charge in [-0.15, -0.1) is 0 Å². The number of hydrogen-bond donors (Lipinski definition) is 1. The van der Waals surface area contributed by atoms with Crippen LogP contribution in [0.3, 0.4) is 0 Å². The molecule has 2 rings (SSSR count). The maximum Gasteiger partial charge on any atom is 0.164 e. The molecule has 2 atom stereocenters. The first-order chi connectivity index (χ1) is 10.7. The van der Waals surface area contributed by atoms with Crippen molar-refractivity contribution >= 4 is 0 Å². The van der Waals surface area contributed by atoms with Gasteiger partial charge in [0.05, 0.1) is 13.7 Å². The third-order valence-electron chi connectivity index (χ3n) is 3.77.